The normalized spacial score (nSPS) is 10.6. The third kappa shape index (κ3) is 3.10. The van der Waals surface area contributed by atoms with Crippen molar-refractivity contribution in [3.8, 4) is 0 Å². The molecule has 0 aliphatic heterocycles. The molecule has 2 N–H and O–H groups in total. The second-order valence-electron chi connectivity index (χ2n) is 3.66. The molecule has 0 aliphatic carbocycles. The molecule has 0 unspecified atom stereocenters. The molecule has 0 bridgehead atoms. The minimum absolute atomic E-state index is 0.233. The van der Waals surface area contributed by atoms with Crippen molar-refractivity contribution in [1.29, 1.82) is 0 Å². The van der Waals surface area contributed by atoms with Crippen molar-refractivity contribution < 1.29 is 4.39 Å². The van der Waals surface area contributed by atoms with Crippen LogP contribution in [-0.2, 0) is 6.42 Å². The average molecular weight is 327 g/mol. The van der Waals surface area contributed by atoms with E-state index in [0.29, 0.717) is 17.9 Å². The number of hydrogen-bond donors (Lipinski definition) is 1. The summed E-state index contributed by atoms with van der Waals surface area (Å²) in [5.74, 6) is -0.233. The summed E-state index contributed by atoms with van der Waals surface area (Å²) in [4.78, 5) is 4.83. The van der Waals surface area contributed by atoms with Gasteiger partial charge >= 0.3 is 0 Å². The first-order chi connectivity index (χ1) is 8.72. The zero-order chi connectivity index (χ0) is 13.0. The molecule has 0 saturated carbocycles. The van der Waals surface area contributed by atoms with Crippen molar-refractivity contribution in [2.45, 2.75) is 16.3 Å². The highest BCUT2D eigenvalue weighted by Crippen LogP contribution is 2.35. The fourth-order valence-electron chi connectivity index (χ4n) is 1.56. The molecule has 94 valence electrons. The molecule has 1 heterocycles. The van der Waals surface area contributed by atoms with Gasteiger partial charge in [0.05, 0.1) is 9.37 Å². The first-order valence-corrected chi connectivity index (χ1v) is 7.09. The Bertz CT molecular complexity index is 548. The summed E-state index contributed by atoms with van der Waals surface area (Å²) in [6, 6.07) is 8.78. The van der Waals surface area contributed by atoms with Gasteiger partial charge in [-0.25, -0.2) is 9.37 Å². The standard InChI is InChI=1S/C13H12BrFN2S/c14-10-4-2-8-17-13(10)18-12-9(6-7-16)3-1-5-11(12)15/h1-5,8H,6-7,16H2. The monoisotopic (exact) mass is 326 g/mol. The molecule has 1 aromatic carbocycles. The first-order valence-electron chi connectivity index (χ1n) is 5.48. The number of benzene rings is 1. The summed E-state index contributed by atoms with van der Waals surface area (Å²) in [7, 11) is 0. The minimum atomic E-state index is -0.233. The van der Waals surface area contributed by atoms with Gasteiger partial charge in [0.25, 0.3) is 0 Å². The largest absolute Gasteiger partial charge is 0.330 e. The molecule has 5 heteroatoms. The van der Waals surface area contributed by atoms with Crippen LogP contribution in [-0.4, -0.2) is 11.5 Å². The highest BCUT2D eigenvalue weighted by molar-refractivity contribution is 9.10. The molecule has 0 atom stereocenters. The Kier molecular flexibility index (Phi) is 4.74. The number of halogens is 2. The van der Waals surface area contributed by atoms with Crippen LogP contribution in [0.3, 0.4) is 0 Å². The molecule has 2 nitrogen and oxygen atoms in total. The van der Waals surface area contributed by atoms with Crippen LogP contribution in [0.4, 0.5) is 4.39 Å². The van der Waals surface area contributed by atoms with Gasteiger partial charge in [-0.05, 0) is 52.7 Å². The predicted octanol–water partition coefficient (Wildman–Crippen LogP) is 3.64. The van der Waals surface area contributed by atoms with E-state index < -0.39 is 0 Å². The molecule has 0 aliphatic rings. The summed E-state index contributed by atoms with van der Waals surface area (Å²) in [5.41, 5.74) is 6.46. The number of nitrogens with two attached hydrogens (primary N) is 1. The maximum atomic E-state index is 13.9. The van der Waals surface area contributed by atoms with Crippen molar-refractivity contribution in [3.63, 3.8) is 0 Å². The molecular formula is C13H12BrFN2S. The minimum Gasteiger partial charge on any atom is -0.330 e. The Morgan fingerprint density at radius 2 is 2.11 bits per heavy atom. The first kappa shape index (κ1) is 13.5. The lowest BCUT2D eigenvalue weighted by Gasteiger charge is -2.09. The molecule has 0 fully saturated rings. The maximum Gasteiger partial charge on any atom is 0.137 e. The van der Waals surface area contributed by atoms with Crippen molar-refractivity contribution >= 4 is 27.7 Å². The second-order valence-corrected chi connectivity index (χ2v) is 5.51. The Morgan fingerprint density at radius 1 is 1.28 bits per heavy atom. The number of aromatic nitrogens is 1. The van der Waals surface area contributed by atoms with Gasteiger partial charge in [0.2, 0.25) is 0 Å². The summed E-state index contributed by atoms with van der Waals surface area (Å²) >= 11 is 4.73. The topological polar surface area (TPSA) is 38.9 Å². The average Bonchev–Trinajstić information content (AvgIpc) is 2.36. The molecule has 0 amide bonds. The summed E-state index contributed by atoms with van der Waals surface area (Å²) in [6.45, 7) is 0.500. The summed E-state index contributed by atoms with van der Waals surface area (Å²) in [6.07, 6.45) is 2.35. The van der Waals surface area contributed by atoms with Gasteiger partial charge in [-0.3, -0.25) is 0 Å². The molecule has 0 spiro atoms. The van der Waals surface area contributed by atoms with Crippen molar-refractivity contribution in [2.75, 3.05) is 6.54 Å². The highest BCUT2D eigenvalue weighted by Gasteiger charge is 2.12. The zero-order valence-corrected chi connectivity index (χ0v) is 12.0. The van der Waals surface area contributed by atoms with E-state index in [9.17, 15) is 4.39 Å². The van der Waals surface area contributed by atoms with Crippen LogP contribution < -0.4 is 5.73 Å². The highest BCUT2D eigenvalue weighted by atomic mass is 79.9. The quantitative estimate of drug-likeness (QED) is 0.932. The smallest absolute Gasteiger partial charge is 0.137 e. The summed E-state index contributed by atoms with van der Waals surface area (Å²) < 4.78 is 14.7. The van der Waals surface area contributed by atoms with Gasteiger partial charge in [0.15, 0.2) is 0 Å². The third-order valence-corrected chi connectivity index (χ3v) is 4.47. The molecule has 0 radical (unpaired) electrons. The van der Waals surface area contributed by atoms with Crippen molar-refractivity contribution in [2.24, 2.45) is 5.73 Å². The molecule has 0 saturated heterocycles. The molecular weight excluding hydrogens is 315 g/mol. The number of nitrogens with zero attached hydrogens (tertiary/aromatic N) is 1. The fourth-order valence-corrected chi connectivity index (χ4v) is 3.00. The lowest BCUT2D eigenvalue weighted by Crippen LogP contribution is -2.04. The lowest BCUT2D eigenvalue weighted by molar-refractivity contribution is 0.596. The van der Waals surface area contributed by atoms with E-state index >= 15 is 0 Å². The fraction of sp³-hybridized carbons (Fsp3) is 0.154. The van der Waals surface area contributed by atoms with Crippen LogP contribution >= 0.6 is 27.7 Å². The third-order valence-electron chi connectivity index (χ3n) is 2.39. The van der Waals surface area contributed by atoms with Crippen LogP contribution in [0.5, 0.6) is 0 Å². The van der Waals surface area contributed by atoms with Gasteiger partial charge in [0.1, 0.15) is 10.8 Å². The molecule has 2 rings (SSSR count). The molecule has 1 aromatic heterocycles. The molecule has 18 heavy (non-hydrogen) atoms. The van der Waals surface area contributed by atoms with E-state index in [1.807, 2.05) is 18.2 Å². The van der Waals surface area contributed by atoms with E-state index in [-0.39, 0.29) is 5.82 Å². The van der Waals surface area contributed by atoms with E-state index in [0.717, 1.165) is 15.1 Å². The van der Waals surface area contributed by atoms with Gasteiger partial charge in [-0.2, -0.15) is 0 Å². The maximum absolute atomic E-state index is 13.9. The van der Waals surface area contributed by atoms with Gasteiger partial charge in [0, 0.05) is 6.20 Å². The van der Waals surface area contributed by atoms with Crippen LogP contribution in [0.15, 0.2) is 50.9 Å². The number of rotatable bonds is 4. The Balaban J connectivity index is 2.36. The zero-order valence-electron chi connectivity index (χ0n) is 9.57. The number of hydrogen-bond acceptors (Lipinski definition) is 3. The predicted molar refractivity (Wildman–Crippen MR) is 75.2 cm³/mol. The second kappa shape index (κ2) is 6.31. The van der Waals surface area contributed by atoms with E-state index in [1.54, 1.807) is 12.3 Å². The Morgan fingerprint density at radius 3 is 2.83 bits per heavy atom. The summed E-state index contributed by atoms with van der Waals surface area (Å²) in [5, 5.41) is 0.751. The van der Waals surface area contributed by atoms with Crippen molar-refractivity contribution in [1.82, 2.24) is 4.98 Å². The number of pyridine rings is 1. The van der Waals surface area contributed by atoms with E-state index in [4.69, 9.17) is 5.73 Å². The van der Waals surface area contributed by atoms with Crippen molar-refractivity contribution in [3.05, 3.63) is 52.4 Å². The van der Waals surface area contributed by atoms with Crippen LogP contribution in [0.1, 0.15) is 5.56 Å². The van der Waals surface area contributed by atoms with E-state index in [2.05, 4.69) is 20.9 Å². The van der Waals surface area contributed by atoms with Crippen LogP contribution in [0.25, 0.3) is 0 Å². The van der Waals surface area contributed by atoms with Gasteiger partial charge in [-0.15, -0.1) is 0 Å². The van der Waals surface area contributed by atoms with Crippen LogP contribution in [0.2, 0.25) is 0 Å². The Hall–Kier alpha value is -0.910. The van der Waals surface area contributed by atoms with Gasteiger partial charge < -0.3 is 5.73 Å². The molecule has 2 aromatic rings. The Labute approximate surface area is 118 Å². The van der Waals surface area contributed by atoms with Gasteiger partial charge in [-0.1, -0.05) is 23.9 Å². The van der Waals surface area contributed by atoms with E-state index in [1.165, 1.54) is 17.8 Å². The van der Waals surface area contributed by atoms with Crippen LogP contribution in [0, 0.1) is 5.82 Å². The SMILES string of the molecule is NCCc1cccc(F)c1Sc1ncccc1Br. The lowest BCUT2D eigenvalue weighted by atomic mass is 10.1.